The molecule has 8 heteroatoms. The lowest BCUT2D eigenvalue weighted by Gasteiger charge is -2.14. The first-order valence-corrected chi connectivity index (χ1v) is 9.37. The van der Waals surface area contributed by atoms with Crippen LogP contribution in [0.15, 0.2) is 30.6 Å². The highest BCUT2D eigenvalue weighted by atomic mass is 16.1. The standard InChI is InChI=1S/C21H21N7O/c1-12-17(15-6-14(9-22)20(24-10-15)28(2)3)7-16(11-23-12)25-21(29)19-8-18(26-27-19)13-4-5-13/h6-8,10-11,13H,4-5H2,1-3H3,(H,25,29)(H,26,27). The zero-order chi connectivity index (χ0) is 20.5. The van der Waals surface area contributed by atoms with E-state index in [4.69, 9.17) is 0 Å². The van der Waals surface area contributed by atoms with Crippen LogP contribution in [0.4, 0.5) is 11.5 Å². The molecule has 3 aromatic heterocycles. The van der Waals surface area contributed by atoms with Crippen LogP contribution >= 0.6 is 0 Å². The van der Waals surface area contributed by atoms with Gasteiger partial charge in [0.1, 0.15) is 11.9 Å². The Morgan fingerprint density at radius 1 is 1.24 bits per heavy atom. The zero-order valence-corrected chi connectivity index (χ0v) is 16.5. The van der Waals surface area contributed by atoms with Crippen LogP contribution in [0.5, 0.6) is 0 Å². The van der Waals surface area contributed by atoms with Gasteiger partial charge in [0, 0.05) is 48.7 Å². The molecule has 0 spiro atoms. The zero-order valence-electron chi connectivity index (χ0n) is 16.5. The molecule has 3 aromatic rings. The van der Waals surface area contributed by atoms with Gasteiger partial charge in [-0.2, -0.15) is 10.4 Å². The largest absolute Gasteiger partial charge is 0.362 e. The summed E-state index contributed by atoms with van der Waals surface area (Å²) in [4.78, 5) is 23.1. The smallest absolute Gasteiger partial charge is 0.276 e. The van der Waals surface area contributed by atoms with Crippen molar-refractivity contribution >= 4 is 17.4 Å². The summed E-state index contributed by atoms with van der Waals surface area (Å²) in [7, 11) is 3.69. The average Bonchev–Trinajstić information content (AvgIpc) is 3.45. The van der Waals surface area contributed by atoms with Gasteiger partial charge < -0.3 is 10.2 Å². The summed E-state index contributed by atoms with van der Waals surface area (Å²) >= 11 is 0. The minimum atomic E-state index is -0.288. The number of carbonyl (C=O) groups is 1. The predicted molar refractivity (Wildman–Crippen MR) is 110 cm³/mol. The summed E-state index contributed by atoms with van der Waals surface area (Å²) in [5, 5.41) is 19.4. The molecule has 0 atom stereocenters. The highest BCUT2D eigenvalue weighted by molar-refractivity contribution is 6.03. The van der Waals surface area contributed by atoms with Gasteiger partial charge in [0.25, 0.3) is 5.91 Å². The van der Waals surface area contributed by atoms with Crippen molar-refractivity contribution in [2.75, 3.05) is 24.3 Å². The van der Waals surface area contributed by atoms with Crippen molar-refractivity contribution in [3.8, 4) is 17.2 Å². The molecule has 1 saturated carbocycles. The van der Waals surface area contributed by atoms with Gasteiger partial charge >= 0.3 is 0 Å². The molecule has 29 heavy (non-hydrogen) atoms. The molecule has 0 radical (unpaired) electrons. The number of rotatable bonds is 5. The molecular weight excluding hydrogens is 366 g/mol. The number of nitrogens with zero attached hydrogens (tertiary/aromatic N) is 5. The van der Waals surface area contributed by atoms with Crippen LogP contribution in [-0.2, 0) is 0 Å². The Balaban J connectivity index is 1.60. The number of nitriles is 1. The van der Waals surface area contributed by atoms with E-state index in [2.05, 4.69) is 31.6 Å². The van der Waals surface area contributed by atoms with Gasteiger partial charge in [-0.3, -0.25) is 14.9 Å². The van der Waals surface area contributed by atoms with Crippen molar-refractivity contribution in [2.45, 2.75) is 25.7 Å². The first-order chi connectivity index (χ1) is 14.0. The number of H-pyrrole nitrogens is 1. The molecule has 0 unspecified atom stereocenters. The van der Waals surface area contributed by atoms with Gasteiger partial charge in [0.15, 0.2) is 5.69 Å². The molecule has 0 bridgehead atoms. The molecule has 3 heterocycles. The van der Waals surface area contributed by atoms with E-state index in [9.17, 15) is 10.1 Å². The van der Waals surface area contributed by atoms with Crippen LogP contribution in [0.2, 0.25) is 0 Å². The molecule has 1 amide bonds. The van der Waals surface area contributed by atoms with Gasteiger partial charge in [-0.05, 0) is 38.0 Å². The van der Waals surface area contributed by atoms with Crippen LogP contribution in [0.1, 0.15) is 46.2 Å². The van der Waals surface area contributed by atoms with Crippen LogP contribution in [-0.4, -0.2) is 40.2 Å². The van der Waals surface area contributed by atoms with Gasteiger partial charge in [-0.25, -0.2) is 4.98 Å². The number of aromatic amines is 1. The molecule has 0 aromatic carbocycles. The van der Waals surface area contributed by atoms with Crippen molar-refractivity contribution in [2.24, 2.45) is 0 Å². The lowest BCUT2D eigenvalue weighted by atomic mass is 10.0. The average molecular weight is 387 g/mol. The van der Waals surface area contributed by atoms with Crippen LogP contribution in [0.3, 0.4) is 0 Å². The molecule has 0 saturated heterocycles. The number of hydrogen-bond acceptors (Lipinski definition) is 6. The number of aryl methyl sites for hydroxylation is 1. The summed E-state index contributed by atoms with van der Waals surface area (Å²) in [5.74, 6) is 0.823. The maximum atomic E-state index is 12.5. The van der Waals surface area contributed by atoms with Crippen LogP contribution in [0, 0.1) is 18.3 Å². The second-order valence-electron chi connectivity index (χ2n) is 7.40. The van der Waals surface area contributed by atoms with E-state index in [0.717, 1.165) is 35.4 Å². The number of carbonyl (C=O) groups excluding carboxylic acids is 1. The summed E-state index contributed by atoms with van der Waals surface area (Å²) in [5.41, 5.74) is 4.75. The highest BCUT2D eigenvalue weighted by Crippen LogP contribution is 2.39. The monoisotopic (exact) mass is 387 g/mol. The molecule has 8 nitrogen and oxygen atoms in total. The SMILES string of the molecule is Cc1ncc(NC(=O)c2cc(C3CC3)[nH]n2)cc1-c1cnc(N(C)C)c(C#N)c1. The summed E-state index contributed by atoms with van der Waals surface area (Å²) in [6, 6.07) is 7.61. The van der Waals surface area contributed by atoms with Crippen LogP contribution in [0.25, 0.3) is 11.1 Å². The minimum absolute atomic E-state index is 0.288. The second kappa shape index (κ2) is 7.36. The molecule has 1 fully saturated rings. The number of nitrogens with one attached hydrogen (secondary N) is 2. The third-order valence-electron chi connectivity index (χ3n) is 4.91. The van der Waals surface area contributed by atoms with E-state index in [-0.39, 0.29) is 5.91 Å². The lowest BCUT2D eigenvalue weighted by Crippen LogP contribution is -2.13. The Labute approximate surface area is 168 Å². The fourth-order valence-corrected chi connectivity index (χ4v) is 3.19. The Bertz CT molecular complexity index is 1120. The van der Waals surface area contributed by atoms with E-state index < -0.39 is 0 Å². The molecule has 146 valence electrons. The fraction of sp³-hybridized carbons (Fsp3) is 0.286. The van der Waals surface area contributed by atoms with E-state index in [1.807, 2.05) is 27.1 Å². The molecule has 2 N–H and O–H groups in total. The number of anilines is 2. The van der Waals surface area contributed by atoms with Gasteiger partial charge in [0.05, 0.1) is 17.4 Å². The van der Waals surface area contributed by atoms with Crippen molar-refractivity contribution in [3.63, 3.8) is 0 Å². The summed E-state index contributed by atoms with van der Waals surface area (Å²) < 4.78 is 0. The Morgan fingerprint density at radius 3 is 2.72 bits per heavy atom. The molecule has 1 aliphatic carbocycles. The van der Waals surface area contributed by atoms with Crippen molar-refractivity contribution in [1.82, 2.24) is 20.2 Å². The maximum Gasteiger partial charge on any atom is 0.276 e. The number of pyridine rings is 2. The normalized spacial score (nSPS) is 13.0. The molecular formula is C21H21N7O. The quantitative estimate of drug-likeness (QED) is 0.695. The van der Waals surface area contributed by atoms with E-state index in [1.54, 1.807) is 29.4 Å². The lowest BCUT2D eigenvalue weighted by molar-refractivity contribution is 0.102. The fourth-order valence-electron chi connectivity index (χ4n) is 3.19. The first kappa shape index (κ1) is 18.6. The third kappa shape index (κ3) is 3.80. The van der Waals surface area contributed by atoms with E-state index in [0.29, 0.717) is 28.7 Å². The van der Waals surface area contributed by atoms with Gasteiger partial charge in [-0.1, -0.05) is 0 Å². The summed E-state index contributed by atoms with van der Waals surface area (Å²) in [6.45, 7) is 1.88. The molecule has 1 aliphatic rings. The van der Waals surface area contributed by atoms with Gasteiger partial charge in [0.2, 0.25) is 0 Å². The van der Waals surface area contributed by atoms with Crippen molar-refractivity contribution < 1.29 is 4.79 Å². The van der Waals surface area contributed by atoms with Crippen molar-refractivity contribution in [1.29, 1.82) is 5.26 Å². The van der Waals surface area contributed by atoms with E-state index in [1.165, 1.54) is 0 Å². The Hall–Kier alpha value is -3.73. The maximum absolute atomic E-state index is 12.5. The number of aromatic nitrogens is 4. The first-order valence-electron chi connectivity index (χ1n) is 9.37. The molecule has 0 aliphatic heterocycles. The van der Waals surface area contributed by atoms with Crippen molar-refractivity contribution in [3.05, 3.63) is 53.2 Å². The minimum Gasteiger partial charge on any atom is -0.362 e. The second-order valence-corrected chi connectivity index (χ2v) is 7.40. The predicted octanol–water partition coefficient (Wildman–Crippen LogP) is 3.24. The van der Waals surface area contributed by atoms with E-state index >= 15 is 0 Å². The topological polar surface area (TPSA) is 111 Å². The Kier molecular flexibility index (Phi) is 4.72. The molecule has 4 rings (SSSR count). The number of hydrogen-bond donors (Lipinski definition) is 2. The highest BCUT2D eigenvalue weighted by Gasteiger charge is 2.26. The summed E-state index contributed by atoms with van der Waals surface area (Å²) in [6.07, 6.45) is 5.60. The van der Waals surface area contributed by atoms with Crippen LogP contribution < -0.4 is 10.2 Å². The Morgan fingerprint density at radius 2 is 2.03 bits per heavy atom. The third-order valence-corrected chi connectivity index (χ3v) is 4.91. The van der Waals surface area contributed by atoms with Gasteiger partial charge in [-0.15, -0.1) is 0 Å². The number of amides is 1.